The highest BCUT2D eigenvalue weighted by Crippen LogP contribution is 2.35. The van der Waals surface area contributed by atoms with E-state index >= 15 is 0 Å². The van der Waals surface area contributed by atoms with Crippen LogP contribution < -0.4 is 10.1 Å². The molecule has 3 nitrogen and oxygen atoms in total. The number of ether oxygens (including phenoxy) is 1. The van der Waals surface area contributed by atoms with Gasteiger partial charge in [-0.2, -0.15) is 0 Å². The van der Waals surface area contributed by atoms with E-state index in [4.69, 9.17) is 4.74 Å². The first-order chi connectivity index (χ1) is 9.45. The average Bonchev–Trinajstić information content (AvgIpc) is 2.86. The summed E-state index contributed by atoms with van der Waals surface area (Å²) < 4.78 is 5.48. The van der Waals surface area contributed by atoms with Crippen LogP contribution in [0.3, 0.4) is 0 Å². The molecule has 1 heterocycles. The number of aromatic nitrogens is 1. The van der Waals surface area contributed by atoms with Crippen molar-refractivity contribution in [2.75, 3.05) is 14.2 Å². The fourth-order valence-electron chi connectivity index (χ4n) is 2.13. The summed E-state index contributed by atoms with van der Waals surface area (Å²) in [6.45, 7) is 7.40. The second-order valence-electron chi connectivity index (χ2n) is 5.82. The monoisotopic (exact) mass is 290 g/mol. The highest BCUT2D eigenvalue weighted by Gasteiger charge is 2.20. The summed E-state index contributed by atoms with van der Waals surface area (Å²) in [5.74, 6) is 0.937. The van der Waals surface area contributed by atoms with Crippen LogP contribution in [0.25, 0.3) is 11.3 Å². The minimum Gasteiger partial charge on any atom is -0.496 e. The van der Waals surface area contributed by atoms with Gasteiger partial charge in [0.15, 0.2) is 0 Å². The van der Waals surface area contributed by atoms with Gasteiger partial charge < -0.3 is 10.1 Å². The van der Waals surface area contributed by atoms with Crippen molar-refractivity contribution in [2.24, 2.45) is 0 Å². The molecule has 1 N–H and O–H groups in total. The third-order valence-corrected chi connectivity index (χ3v) is 4.03. The molecule has 108 valence electrons. The lowest BCUT2D eigenvalue weighted by Gasteiger charge is -2.22. The third kappa shape index (κ3) is 3.19. The summed E-state index contributed by atoms with van der Waals surface area (Å²) >= 11 is 1.69. The number of hydrogen-bond acceptors (Lipinski definition) is 4. The lowest BCUT2D eigenvalue weighted by molar-refractivity contribution is 0.397. The largest absolute Gasteiger partial charge is 0.496 e. The molecular formula is C16H22N2OS. The topological polar surface area (TPSA) is 34.2 Å². The minimum absolute atomic E-state index is 0.0468. The number of nitrogens with zero attached hydrogens (tertiary/aromatic N) is 1. The molecule has 0 amide bonds. The number of hydrogen-bond donors (Lipinski definition) is 1. The smallest absolute Gasteiger partial charge is 0.122 e. The van der Waals surface area contributed by atoms with Crippen molar-refractivity contribution in [1.82, 2.24) is 10.3 Å². The van der Waals surface area contributed by atoms with Gasteiger partial charge in [0.1, 0.15) is 10.8 Å². The standard InChI is InChI=1S/C16H22N2OS/c1-16(2,3)12-8-11(6-7-14(12)19-5)13-10-20-15(18-13)9-17-4/h6-8,10,17H,9H2,1-5H3. The van der Waals surface area contributed by atoms with Gasteiger partial charge in [0.2, 0.25) is 0 Å². The van der Waals surface area contributed by atoms with E-state index in [-0.39, 0.29) is 5.41 Å². The SMILES string of the molecule is CNCc1nc(-c2ccc(OC)c(C(C)(C)C)c2)cs1. The van der Waals surface area contributed by atoms with Gasteiger partial charge in [0.05, 0.1) is 12.8 Å². The second kappa shape index (κ2) is 5.94. The summed E-state index contributed by atoms with van der Waals surface area (Å²) in [5.41, 5.74) is 3.44. The molecule has 1 aromatic carbocycles. The maximum Gasteiger partial charge on any atom is 0.122 e. The lowest BCUT2D eigenvalue weighted by atomic mass is 9.85. The van der Waals surface area contributed by atoms with Gasteiger partial charge in [-0.05, 0) is 30.7 Å². The van der Waals surface area contributed by atoms with Crippen LogP contribution in [-0.4, -0.2) is 19.1 Å². The number of methoxy groups -OCH3 is 1. The van der Waals surface area contributed by atoms with E-state index in [0.29, 0.717) is 0 Å². The van der Waals surface area contributed by atoms with Gasteiger partial charge in [0, 0.05) is 23.1 Å². The van der Waals surface area contributed by atoms with Gasteiger partial charge in [-0.1, -0.05) is 20.8 Å². The van der Waals surface area contributed by atoms with Crippen LogP contribution in [0.4, 0.5) is 0 Å². The molecule has 2 rings (SSSR count). The zero-order valence-corrected chi connectivity index (χ0v) is 13.6. The molecule has 0 saturated heterocycles. The summed E-state index contributed by atoms with van der Waals surface area (Å²) in [4.78, 5) is 4.66. The molecule has 0 atom stereocenters. The number of nitrogens with one attached hydrogen (secondary N) is 1. The Labute approximate surface area is 125 Å². The maximum absolute atomic E-state index is 5.48. The van der Waals surface area contributed by atoms with Gasteiger partial charge in [-0.25, -0.2) is 4.98 Å². The highest BCUT2D eigenvalue weighted by molar-refractivity contribution is 7.09. The van der Waals surface area contributed by atoms with Crippen LogP contribution >= 0.6 is 11.3 Å². The lowest BCUT2D eigenvalue weighted by Crippen LogP contribution is -2.13. The van der Waals surface area contributed by atoms with E-state index in [2.05, 4.69) is 48.6 Å². The van der Waals surface area contributed by atoms with Crippen LogP contribution in [0, 0.1) is 0 Å². The highest BCUT2D eigenvalue weighted by atomic mass is 32.1. The fourth-order valence-corrected chi connectivity index (χ4v) is 2.94. The Bertz CT molecular complexity index is 584. The van der Waals surface area contributed by atoms with E-state index in [1.54, 1.807) is 18.4 Å². The Hall–Kier alpha value is -1.39. The first kappa shape index (κ1) is 15.0. The van der Waals surface area contributed by atoms with Crippen molar-refractivity contribution < 1.29 is 4.74 Å². The number of rotatable bonds is 4. The van der Waals surface area contributed by atoms with Crippen LogP contribution in [0.2, 0.25) is 0 Å². The fraction of sp³-hybridized carbons (Fsp3) is 0.438. The average molecular weight is 290 g/mol. The van der Waals surface area contributed by atoms with Crippen molar-refractivity contribution >= 4 is 11.3 Å². The molecule has 0 fully saturated rings. The number of thiazole rings is 1. The van der Waals surface area contributed by atoms with Crippen molar-refractivity contribution in [3.63, 3.8) is 0 Å². The normalized spacial score (nSPS) is 11.7. The molecule has 0 aliphatic heterocycles. The maximum atomic E-state index is 5.48. The van der Waals surface area contributed by atoms with Crippen LogP contribution in [0.15, 0.2) is 23.6 Å². The van der Waals surface area contributed by atoms with Crippen molar-refractivity contribution in [3.05, 3.63) is 34.2 Å². The van der Waals surface area contributed by atoms with Gasteiger partial charge in [-0.3, -0.25) is 0 Å². The zero-order chi connectivity index (χ0) is 14.8. The van der Waals surface area contributed by atoms with E-state index in [1.807, 2.05) is 13.1 Å². The Morgan fingerprint density at radius 3 is 2.65 bits per heavy atom. The molecule has 0 saturated carbocycles. The molecule has 1 aromatic heterocycles. The van der Waals surface area contributed by atoms with Crippen molar-refractivity contribution in [2.45, 2.75) is 32.7 Å². The molecule has 4 heteroatoms. The molecule has 0 aliphatic carbocycles. The zero-order valence-electron chi connectivity index (χ0n) is 12.8. The Morgan fingerprint density at radius 1 is 1.30 bits per heavy atom. The van der Waals surface area contributed by atoms with Crippen LogP contribution in [0.5, 0.6) is 5.75 Å². The van der Waals surface area contributed by atoms with Gasteiger partial charge in [-0.15, -0.1) is 11.3 Å². The summed E-state index contributed by atoms with van der Waals surface area (Å²) in [6, 6.07) is 6.30. The number of benzene rings is 1. The first-order valence-corrected chi connectivity index (χ1v) is 7.61. The second-order valence-corrected chi connectivity index (χ2v) is 6.76. The van der Waals surface area contributed by atoms with Gasteiger partial charge in [0.25, 0.3) is 0 Å². The molecule has 2 aromatic rings. The van der Waals surface area contributed by atoms with Crippen molar-refractivity contribution in [3.8, 4) is 17.0 Å². The van der Waals surface area contributed by atoms with E-state index < -0.39 is 0 Å². The molecule has 20 heavy (non-hydrogen) atoms. The van der Waals surface area contributed by atoms with Crippen LogP contribution in [-0.2, 0) is 12.0 Å². The summed E-state index contributed by atoms with van der Waals surface area (Å²) in [7, 11) is 3.66. The van der Waals surface area contributed by atoms with Crippen LogP contribution in [0.1, 0.15) is 31.3 Å². The molecule has 0 spiro atoms. The molecule has 0 radical (unpaired) electrons. The minimum atomic E-state index is 0.0468. The van der Waals surface area contributed by atoms with E-state index in [1.165, 1.54) is 5.56 Å². The van der Waals surface area contributed by atoms with Crippen molar-refractivity contribution in [1.29, 1.82) is 0 Å². The third-order valence-electron chi connectivity index (χ3n) is 3.18. The summed E-state index contributed by atoms with van der Waals surface area (Å²) in [6.07, 6.45) is 0. The molecule has 0 aliphatic rings. The first-order valence-electron chi connectivity index (χ1n) is 6.73. The Kier molecular flexibility index (Phi) is 4.45. The molecule has 0 unspecified atom stereocenters. The van der Waals surface area contributed by atoms with Gasteiger partial charge >= 0.3 is 0 Å². The Balaban J connectivity index is 2.42. The molecule has 0 bridgehead atoms. The van der Waals surface area contributed by atoms with E-state index in [9.17, 15) is 0 Å². The Morgan fingerprint density at radius 2 is 2.05 bits per heavy atom. The predicted octanol–water partition coefficient (Wildman–Crippen LogP) is 3.84. The quantitative estimate of drug-likeness (QED) is 0.929. The summed E-state index contributed by atoms with van der Waals surface area (Å²) in [5, 5.41) is 6.35. The van der Waals surface area contributed by atoms with E-state index in [0.717, 1.165) is 28.6 Å². The predicted molar refractivity (Wildman–Crippen MR) is 85.6 cm³/mol. The molecular weight excluding hydrogens is 268 g/mol.